The molecule has 90 valence electrons. The predicted octanol–water partition coefficient (Wildman–Crippen LogP) is 3.27. The van der Waals surface area contributed by atoms with E-state index in [1.54, 1.807) is 7.11 Å². The zero-order valence-corrected chi connectivity index (χ0v) is 12.2. The predicted molar refractivity (Wildman–Crippen MR) is 72.3 cm³/mol. The molecule has 1 aromatic rings. The fraction of sp³-hybridized carbons (Fsp3) is 0.538. The van der Waals surface area contributed by atoms with Crippen molar-refractivity contribution in [3.05, 3.63) is 26.7 Å². The number of hydrogen-bond acceptors (Lipinski definition) is 2. The molecule has 0 radical (unpaired) electrons. The van der Waals surface area contributed by atoms with E-state index in [1.807, 2.05) is 6.92 Å². The van der Waals surface area contributed by atoms with E-state index >= 15 is 0 Å². The Bertz CT molecular complexity index is 370. The molecule has 0 heterocycles. The van der Waals surface area contributed by atoms with Crippen molar-refractivity contribution >= 4 is 15.9 Å². The number of benzene rings is 1. The van der Waals surface area contributed by atoms with Gasteiger partial charge in [-0.05, 0) is 72.3 Å². The minimum Gasteiger partial charge on any atom is -0.495 e. The molecule has 0 amide bonds. The maximum atomic E-state index is 5.89. The number of hydrogen-bond donors (Lipinski definition) is 1. The van der Waals surface area contributed by atoms with Crippen molar-refractivity contribution in [2.24, 2.45) is 5.73 Å². The molecule has 1 aromatic carbocycles. The van der Waals surface area contributed by atoms with Crippen molar-refractivity contribution in [1.82, 2.24) is 0 Å². The van der Waals surface area contributed by atoms with Gasteiger partial charge in [0.15, 0.2) is 0 Å². The average Bonchev–Trinajstić information content (AvgIpc) is 2.22. The lowest BCUT2D eigenvalue weighted by molar-refractivity contribution is 0.408. The molecule has 0 bridgehead atoms. The van der Waals surface area contributed by atoms with Gasteiger partial charge in [-0.15, -0.1) is 0 Å². The summed E-state index contributed by atoms with van der Waals surface area (Å²) < 4.78 is 6.47. The monoisotopic (exact) mass is 285 g/mol. The summed E-state index contributed by atoms with van der Waals surface area (Å²) in [5, 5.41) is 0. The fourth-order valence-electron chi connectivity index (χ4n) is 2.02. The zero-order valence-electron chi connectivity index (χ0n) is 10.6. The number of nitrogens with two attached hydrogens (primary N) is 1. The Balaban J connectivity index is 3.41. The van der Waals surface area contributed by atoms with Gasteiger partial charge in [-0.1, -0.05) is 0 Å². The molecule has 1 rings (SSSR count). The zero-order chi connectivity index (χ0) is 12.5. The van der Waals surface area contributed by atoms with Crippen molar-refractivity contribution in [2.45, 2.75) is 40.2 Å². The Hall–Kier alpha value is -0.540. The van der Waals surface area contributed by atoms with Gasteiger partial charge in [0.25, 0.3) is 0 Å². The van der Waals surface area contributed by atoms with Crippen LogP contribution in [0.1, 0.15) is 29.2 Å². The highest BCUT2D eigenvalue weighted by Crippen LogP contribution is 2.37. The van der Waals surface area contributed by atoms with Crippen LogP contribution in [-0.2, 0) is 6.42 Å². The average molecular weight is 286 g/mol. The molecule has 0 saturated carbocycles. The summed E-state index contributed by atoms with van der Waals surface area (Å²) in [6, 6.07) is 0.178. The van der Waals surface area contributed by atoms with E-state index in [4.69, 9.17) is 10.5 Å². The molecule has 16 heavy (non-hydrogen) atoms. The van der Waals surface area contributed by atoms with Gasteiger partial charge in [0, 0.05) is 6.04 Å². The summed E-state index contributed by atoms with van der Waals surface area (Å²) in [6.07, 6.45) is 0.904. The number of ether oxygens (including phenoxy) is 1. The van der Waals surface area contributed by atoms with Crippen LogP contribution in [0.4, 0.5) is 0 Å². The minimum absolute atomic E-state index is 0.178. The Morgan fingerprint density at radius 2 is 1.75 bits per heavy atom. The van der Waals surface area contributed by atoms with Gasteiger partial charge in [-0.25, -0.2) is 0 Å². The van der Waals surface area contributed by atoms with Crippen LogP contribution in [0.25, 0.3) is 0 Å². The molecule has 2 nitrogen and oxygen atoms in total. The van der Waals surface area contributed by atoms with E-state index in [0.717, 1.165) is 16.6 Å². The van der Waals surface area contributed by atoms with Crippen LogP contribution in [0.3, 0.4) is 0 Å². The molecule has 0 spiro atoms. The molecular formula is C13H20BrNO. The van der Waals surface area contributed by atoms with Crippen LogP contribution >= 0.6 is 15.9 Å². The first kappa shape index (κ1) is 13.5. The standard InChI is InChI=1S/C13H20BrNO/c1-7(15)6-11-8(2)9(3)13(16-5)12(14)10(11)4/h7H,6,15H2,1-5H3. The van der Waals surface area contributed by atoms with Crippen LogP contribution < -0.4 is 10.5 Å². The van der Waals surface area contributed by atoms with Gasteiger partial charge < -0.3 is 10.5 Å². The quantitative estimate of drug-likeness (QED) is 0.925. The Kier molecular flexibility index (Phi) is 4.39. The summed E-state index contributed by atoms with van der Waals surface area (Å²) in [5.74, 6) is 0.934. The van der Waals surface area contributed by atoms with Gasteiger partial charge in [0.1, 0.15) is 5.75 Å². The molecule has 0 fully saturated rings. The van der Waals surface area contributed by atoms with E-state index in [2.05, 4.69) is 36.7 Å². The van der Waals surface area contributed by atoms with Crippen molar-refractivity contribution in [1.29, 1.82) is 0 Å². The summed E-state index contributed by atoms with van der Waals surface area (Å²) in [6.45, 7) is 8.36. The Labute approximate surface area is 106 Å². The number of halogens is 1. The Morgan fingerprint density at radius 3 is 2.19 bits per heavy atom. The summed E-state index contributed by atoms with van der Waals surface area (Å²) >= 11 is 3.60. The van der Waals surface area contributed by atoms with Crippen LogP contribution in [-0.4, -0.2) is 13.2 Å². The van der Waals surface area contributed by atoms with E-state index in [-0.39, 0.29) is 6.04 Å². The van der Waals surface area contributed by atoms with Crippen molar-refractivity contribution in [3.8, 4) is 5.75 Å². The van der Waals surface area contributed by atoms with Crippen LogP contribution in [0, 0.1) is 20.8 Å². The smallest absolute Gasteiger partial charge is 0.136 e. The largest absolute Gasteiger partial charge is 0.495 e. The van der Waals surface area contributed by atoms with Crippen LogP contribution in [0.5, 0.6) is 5.75 Å². The van der Waals surface area contributed by atoms with Gasteiger partial charge in [0.05, 0.1) is 11.6 Å². The van der Waals surface area contributed by atoms with E-state index in [0.29, 0.717) is 0 Å². The normalized spacial score (nSPS) is 12.7. The van der Waals surface area contributed by atoms with Crippen molar-refractivity contribution in [2.75, 3.05) is 7.11 Å². The molecule has 1 atom stereocenters. The molecular weight excluding hydrogens is 266 g/mol. The maximum Gasteiger partial charge on any atom is 0.136 e. The lowest BCUT2D eigenvalue weighted by Crippen LogP contribution is -2.19. The first-order chi connectivity index (χ1) is 7.40. The van der Waals surface area contributed by atoms with E-state index in [9.17, 15) is 0 Å². The summed E-state index contributed by atoms with van der Waals surface area (Å²) in [4.78, 5) is 0. The number of rotatable bonds is 3. The van der Waals surface area contributed by atoms with Crippen LogP contribution in [0.2, 0.25) is 0 Å². The lowest BCUT2D eigenvalue weighted by Gasteiger charge is -2.19. The topological polar surface area (TPSA) is 35.2 Å². The first-order valence-corrected chi connectivity index (χ1v) is 6.27. The highest BCUT2D eigenvalue weighted by molar-refractivity contribution is 9.10. The second-order valence-corrected chi connectivity index (χ2v) is 5.18. The van der Waals surface area contributed by atoms with Crippen molar-refractivity contribution < 1.29 is 4.74 Å². The minimum atomic E-state index is 0.178. The highest BCUT2D eigenvalue weighted by atomic mass is 79.9. The Morgan fingerprint density at radius 1 is 1.19 bits per heavy atom. The lowest BCUT2D eigenvalue weighted by atomic mass is 9.93. The molecule has 0 aliphatic heterocycles. The second-order valence-electron chi connectivity index (χ2n) is 4.38. The summed E-state index contributed by atoms with van der Waals surface area (Å²) in [5.41, 5.74) is 10.9. The van der Waals surface area contributed by atoms with Gasteiger partial charge >= 0.3 is 0 Å². The molecule has 3 heteroatoms. The SMILES string of the molecule is COc1c(C)c(C)c(CC(C)N)c(C)c1Br. The van der Waals surface area contributed by atoms with Gasteiger partial charge in [-0.2, -0.15) is 0 Å². The molecule has 1 unspecified atom stereocenters. The molecule has 0 saturated heterocycles. The molecule has 2 N–H and O–H groups in total. The highest BCUT2D eigenvalue weighted by Gasteiger charge is 2.16. The third-order valence-corrected chi connectivity index (χ3v) is 4.02. The number of methoxy groups -OCH3 is 1. The van der Waals surface area contributed by atoms with E-state index < -0.39 is 0 Å². The van der Waals surface area contributed by atoms with E-state index in [1.165, 1.54) is 22.3 Å². The molecule has 0 aliphatic rings. The third kappa shape index (κ3) is 2.41. The first-order valence-electron chi connectivity index (χ1n) is 5.47. The van der Waals surface area contributed by atoms with Crippen LogP contribution in [0.15, 0.2) is 4.47 Å². The third-order valence-electron chi connectivity index (χ3n) is 3.07. The molecule has 0 aliphatic carbocycles. The fourth-order valence-corrected chi connectivity index (χ4v) is 2.71. The molecule has 0 aromatic heterocycles. The van der Waals surface area contributed by atoms with Crippen molar-refractivity contribution in [3.63, 3.8) is 0 Å². The maximum absolute atomic E-state index is 5.89. The summed E-state index contributed by atoms with van der Waals surface area (Å²) in [7, 11) is 1.71. The van der Waals surface area contributed by atoms with Gasteiger partial charge in [0.2, 0.25) is 0 Å². The second kappa shape index (κ2) is 5.19. The van der Waals surface area contributed by atoms with Gasteiger partial charge in [-0.3, -0.25) is 0 Å².